The summed E-state index contributed by atoms with van der Waals surface area (Å²) in [5.41, 5.74) is 3.36. The SMILES string of the molecule is C/C(=C\c1cncc(-c2c[nH]c3ncc(Cl)cc23)n1)CNCC(F)(F)F. The zero-order valence-electron chi connectivity index (χ0n) is 13.7. The summed E-state index contributed by atoms with van der Waals surface area (Å²) in [6.07, 6.45) is 3.94. The Kier molecular flexibility index (Phi) is 5.24. The molecule has 3 rings (SSSR count). The van der Waals surface area contributed by atoms with E-state index < -0.39 is 12.7 Å². The highest BCUT2D eigenvalue weighted by Crippen LogP contribution is 2.28. The topological polar surface area (TPSA) is 66.5 Å². The van der Waals surface area contributed by atoms with Gasteiger partial charge in [-0.3, -0.25) is 4.98 Å². The molecule has 0 bridgehead atoms. The Morgan fingerprint density at radius 3 is 2.88 bits per heavy atom. The number of hydrogen-bond donors (Lipinski definition) is 2. The Balaban J connectivity index is 1.81. The largest absolute Gasteiger partial charge is 0.401 e. The molecule has 0 radical (unpaired) electrons. The molecular formula is C17H15ClF3N5. The molecule has 3 aromatic heterocycles. The van der Waals surface area contributed by atoms with Gasteiger partial charge in [0, 0.05) is 29.9 Å². The van der Waals surface area contributed by atoms with Crippen molar-refractivity contribution in [2.75, 3.05) is 13.1 Å². The van der Waals surface area contributed by atoms with E-state index in [0.29, 0.717) is 27.6 Å². The van der Waals surface area contributed by atoms with Crippen molar-refractivity contribution in [3.05, 3.63) is 47.1 Å². The second kappa shape index (κ2) is 7.43. The molecule has 0 spiro atoms. The number of hydrogen-bond acceptors (Lipinski definition) is 4. The fourth-order valence-electron chi connectivity index (χ4n) is 2.48. The lowest BCUT2D eigenvalue weighted by molar-refractivity contribution is -0.124. The van der Waals surface area contributed by atoms with Crippen molar-refractivity contribution >= 4 is 28.7 Å². The first-order valence-corrected chi connectivity index (χ1v) is 8.09. The fourth-order valence-corrected chi connectivity index (χ4v) is 2.63. The molecule has 2 N–H and O–H groups in total. The number of rotatable bonds is 5. The Morgan fingerprint density at radius 1 is 1.31 bits per heavy atom. The van der Waals surface area contributed by atoms with Gasteiger partial charge in [-0.1, -0.05) is 17.2 Å². The summed E-state index contributed by atoms with van der Waals surface area (Å²) in [5, 5.41) is 3.67. The van der Waals surface area contributed by atoms with Gasteiger partial charge < -0.3 is 10.3 Å². The van der Waals surface area contributed by atoms with E-state index in [4.69, 9.17) is 11.6 Å². The van der Waals surface area contributed by atoms with Crippen molar-refractivity contribution in [1.82, 2.24) is 25.3 Å². The van der Waals surface area contributed by atoms with Crippen molar-refractivity contribution in [3.8, 4) is 11.3 Å². The van der Waals surface area contributed by atoms with Crippen molar-refractivity contribution < 1.29 is 13.2 Å². The molecule has 136 valence electrons. The van der Waals surface area contributed by atoms with Crippen LogP contribution in [0.4, 0.5) is 13.2 Å². The lowest BCUT2D eigenvalue weighted by atomic mass is 10.1. The minimum Gasteiger partial charge on any atom is -0.345 e. The standard InChI is InChI=1S/C17H15ClF3N5/c1-10(4-23-9-17(19,20)21)2-12-6-22-8-15(26-12)14-7-25-16-13(14)3-11(18)5-24-16/h2-3,5-8,23H,4,9H2,1H3,(H,24,25)/b10-2+. The molecule has 9 heteroatoms. The van der Waals surface area contributed by atoms with Gasteiger partial charge in [-0.15, -0.1) is 0 Å². The van der Waals surface area contributed by atoms with Crippen LogP contribution in [-0.4, -0.2) is 39.2 Å². The monoisotopic (exact) mass is 381 g/mol. The van der Waals surface area contributed by atoms with Gasteiger partial charge in [0.1, 0.15) is 5.65 Å². The number of halogens is 4. The highest BCUT2D eigenvalue weighted by molar-refractivity contribution is 6.31. The average molecular weight is 382 g/mol. The van der Waals surface area contributed by atoms with Gasteiger partial charge in [0.25, 0.3) is 0 Å². The molecule has 0 atom stereocenters. The fraction of sp³-hybridized carbons (Fsp3) is 0.235. The van der Waals surface area contributed by atoms with Crippen molar-refractivity contribution in [2.24, 2.45) is 0 Å². The molecule has 0 unspecified atom stereocenters. The van der Waals surface area contributed by atoms with E-state index in [1.54, 1.807) is 43.9 Å². The summed E-state index contributed by atoms with van der Waals surface area (Å²) in [6.45, 7) is 0.804. The Hall–Kier alpha value is -2.45. The highest BCUT2D eigenvalue weighted by atomic mass is 35.5. The van der Waals surface area contributed by atoms with Crippen molar-refractivity contribution in [3.63, 3.8) is 0 Å². The normalized spacial score (nSPS) is 12.7. The first-order chi connectivity index (χ1) is 12.3. The third kappa shape index (κ3) is 4.59. The maximum Gasteiger partial charge on any atom is 0.401 e. The van der Waals surface area contributed by atoms with Gasteiger partial charge in [-0.25, -0.2) is 9.97 Å². The maximum atomic E-state index is 12.2. The summed E-state index contributed by atoms with van der Waals surface area (Å²) in [6, 6.07) is 1.78. The molecule has 0 aromatic carbocycles. The lowest BCUT2D eigenvalue weighted by Gasteiger charge is -2.08. The number of alkyl halides is 3. The van der Waals surface area contributed by atoms with E-state index in [9.17, 15) is 13.2 Å². The molecule has 0 aliphatic rings. The van der Waals surface area contributed by atoms with Crippen LogP contribution in [0.15, 0.2) is 36.4 Å². The third-order valence-electron chi connectivity index (χ3n) is 3.55. The average Bonchev–Trinajstić information content (AvgIpc) is 2.96. The first-order valence-electron chi connectivity index (χ1n) is 7.71. The van der Waals surface area contributed by atoms with Gasteiger partial charge in [0.15, 0.2) is 0 Å². The number of nitrogens with zero attached hydrogens (tertiary/aromatic N) is 3. The van der Waals surface area contributed by atoms with Crippen LogP contribution in [0.5, 0.6) is 0 Å². The maximum absolute atomic E-state index is 12.2. The molecular weight excluding hydrogens is 367 g/mol. The molecule has 0 saturated heterocycles. The third-order valence-corrected chi connectivity index (χ3v) is 3.76. The zero-order valence-corrected chi connectivity index (χ0v) is 14.5. The molecule has 0 saturated carbocycles. The number of fused-ring (bicyclic) bond motifs is 1. The van der Waals surface area contributed by atoms with Crippen LogP contribution < -0.4 is 5.32 Å². The Morgan fingerprint density at radius 2 is 2.12 bits per heavy atom. The molecule has 3 heterocycles. The minimum absolute atomic E-state index is 0.109. The predicted molar refractivity (Wildman–Crippen MR) is 94.7 cm³/mol. The van der Waals surface area contributed by atoms with Crippen LogP contribution in [0.1, 0.15) is 12.6 Å². The van der Waals surface area contributed by atoms with E-state index in [-0.39, 0.29) is 6.54 Å². The second-order valence-electron chi connectivity index (χ2n) is 5.79. The molecule has 0 aliphatic carbocycles. The second-order valence-corrected chi connectivity index (χ2v) is 6.23. The van der Waals surface area contributed by atoms with E-state index in [1.807, 2.05) is 0 Å². The quantitative estimate of drug-likeness (QED) is 0.694. The Labute approximate surface area is 152 Å². The van der Waals surface area contributed by atoms with Crippen LogP contribution in [0.25, 0.3) is 28.4 Å². The van der Waals surface area contributed by atoms with Crippen LogP contribution in [0, 0.1) is 0 Å². The smallest absolute Gasteiger partial charge is 0.345 e. The van der Waals surface area contributed by atoms with E-state index >= 15 is 0 Å². The van der Waals surface area contributed by atoms with Crippen LogP contribution in [0.2, 0.25) is 5.02 Å². The number of pyridine rings is 1. The molecule has 0 amide bonds. The summed E-state index contributed by atoms with van der Waals surface area (Å²) in [5.74, 6) is 0. The molecule has 0 aliphatic heterocycles. The summed E-state index contributed by atoms with van der Waals surface area (Å²) in [4.78, 5) is 15.9. The summed E-state index contributed by atoms with van der Waals surface area (Å²) in [7, 11) is 0. The van der Waals surface area contributed by atoms with Crippen molar-refractivity contribution in [2.45, 2.75) is 13.1 Å². The van der Waals surface area contributed by atoms with E-state index in [1.165, 1.54) is 0 Å². The van der Waals surface area contributed by atoms with E-state index in [0.717, 1.165) is 10.9 Å². The minimum atomic E-state index is -4.23. The van der Waals surface area contributed by atoms with Crippen LogP contribution in [-0.2, 0) is 0 Å². The van der Waals surface area contributed by atoms with Gasteiger partial charge in [-0.2, -0.15) is 13.2 Å². The van der Waals surface area contributed by atoms with Gasteiger partial charge >= 0.3 is 6.18 Å². The number of aromatic nitrogens is 4. The van der Waals surface area contributed by atoms with Gasteiger partial charge in [0.05, 0.1) is 35.3 Å². The number of nitrogens with one attached hydrogen (secondary N) is 2. The van der Waals surface area contributed by atoms with Gasteiger partial charge in [-0.05, 0) is 19.1 Å². The van der Waals surface area contributed by atoms with Crippen LogP contribution >= 0.6 is 11.6 Å². The molecule has 5 nitrogen and oxygen atoms in total. The predicted octanol–water partition coefficient (Wildman–Crippen LogP) is 4.23. The van der Waals surface area contributed by atoms with Crippen molar-refractivity contribution in [1.29, 1.82) is 0 Å². The summed E-state index contributed by atoms with van der Waals surface area (Å²) < 4.78 is 36.5. The van der Waals surface area contributed by atoms with Gasteiger partial charge in [0.2, 0.25) is 0 Å². The highest BCUT2D eigenvalue weighted by Gasteiger charge is 2.25. The number of H-pyrrole nitrogens is 1. The molecule has 26 heavy (non-hydrogen) atoms. The molecule has 3 aromatic rings. The lowest BCUT2D eigenvalue weighted by Crippen LogP contribution is -2.29. The Bertz CT molecular complexity index is 949. The number of aromatic amines is 1. The molecule has 0 fully saturated rings. The van der Waals surface area contributed by atoms with Crippen LogP contribution in [0.3, 0.4) is 0 Å². The zero-order chi connectivity index (χ0) is 18.7. The first kappa shape index (κ1) is 18.3. The summed E-state index contributed by atoms with van der Waals surface area (Å²) >= 11 is 6.01. The van der Waals surface area contributed by atoms with E-state index in [2.05, 4.69) is 25.3 Å².